The molecule has 0 saturated carbocycles. The SMILES string of the molecule is O=C(O)/C=C\[c-]1cccc1.[Fe+2].c1cc[cH-]c1. The van der Waals surface area contributed by atoms with Gasteiger partial charge in [0.1, 0.15) is 0 Å². The minimum absolute atomic E-state index is 0. The molecule has 0 bridgehead atoms. The second-order valence-corrected chi connectivity index (χ2v) is 2.85. The molecule has 84 valence electrons. The Morgan fingerprint density at radius 1 is 1.12 bits per heavy atom. The third kappa shape index (κ3) is 6.82. The molecule has 2 aromatic rings. The normalized spacial score (nSPS) is 9.00. The molecule has 0 unspecified atom stereocenters. The molecule has 16 heavy (non-hydrogen) atoms. The molecule has 0 radical (unpaired) electrons. The molecular weight excluding hydrogens is 244 g/mol. The maximum atomic E-state index is 10.0. The van der Waals surface area contributed by atoms with Crippen LogP contribution in [0.15, 0.2) is 60.7 Å². The van der Waals surface area contributed by atoms with Gasteiger partial charge in [0, 0.05) is 0 Å². The van der Waals surface area contributed by atoms with Crippen LogP contribution in [0, 0.1) is 0 Å². The zero-order chi connectivity index (χ0) is 10.9. The van der Waals surface area contributed by atoms with Crippen molar-refractivity contribution < 1.29 is 27.0 Å². The van der Waals surface area contributed by atoms with Gasteiger partial charge in [-0.3, -0.25) is 4.79 Å². The van der Waals surface area contributed by atoms with Crippen molar-refractivity contribution >= 4 is 12.0 Å². The maximum absolute atomic E-state index is 10.0. The van der Waals surface area contributed by atoms with Gasteiger partial charge in [0.05, 0.1) is 0 Å². The molecule has 0 heterocycles. The topological polar surface area (TPSA) is 37.3 Å². The monoisotopic (exact) mass is 256 g/mol. The van der Waals surface area contributed by atoms with Gasteiger partial charge < -0.3 is 5.11 Å². The minimum Gasteiger partial charge on any atom is -0.485 e. The molecule has 0 fully saturated rings. The van der Waals surface area contributed by atoms with Gasteiger partial charge in [-0.25, -0.2) is 12.1 Å². The smallest absolute Gasteiger partial charge is 0.485 e. The number of hydrogen-bond donors (Lipinski definition) is 1. The Morgan fingerprint density at radius 2 is 1.69 bits per heavy atom. The van der Waals surface area contributed by atoms with Crippen molar-refractivity contribution in [2.24, 2.45) is 0 Å². The van der Waals surface area contributed by atoms with Gasteiger partial charge in [0.2, 0.25) is 0 Å². The summed E-state index contributed by atoms with van der Waals surface area (Å²) in [5.74, 6) is -0.916. The van der Waals surface area contributed by atoms with Crippen molar-refractivity contribution in [3.8, 4) is 0 Å². The quantitative estimate of drug-likeness (QED) is 0.509. The van der Waals surface area contributed by atoms with Crippen molar-refractivity contribution in [3.05, 3.63) is 66.2 Å². The van der Waals surface area contributed by atoms with Crippen LogP contribution in [-0.4, -0.2) is 11.1 Å². The first-order valence-electron chi connectivity index (χ1n) is 4.58. The van der Waals surface area contributed by atoms with Crippen LogP contribution >= 0.6 is 0 Å². The number of rotatable bonds is 2. The second-order valence-electron chi connectivity index (χ2n) is 2.85. The predicted molar refractivity (Wildman–Crippen MR) is 60.7 cm³/mol. The molecule has 3 heteroatoms. The number of aliphatic carboxylic acids is 1. The van der Waals surface area contributed by atoms with Gasteiger partial charge in [-0.2, -0.15) is 30.3 Å². The van der Waals surface area contributed by atoms with Gasteiger partial charge in [-0.05, 0) is 6.08 Å². The Bertz CT molecular complexity index is 368. The zero-order valence-electron chi connectivity index (χ0n) is 8.56. The predicted octanol–water partition coefficient (Wildman–Crippen LogP) is 2.91. The Hall–Kier alpha value is -1.57. The standard InChI is InChI=1S/C8H7O2.C5H5.Fe/c9-8(10)6-5-7-3-1-2-4-7;1-2-4-5-3-1;/h1-6H,(H,9,10);1-5H;/q2*-1;+2/b6-5-;;. The first-order valence-corrected chi connectivity index (χ1v) is 4.58. The molecule has 0 aliphatic carbocycles. The van der Waals surface area contributed by atoms with Crippen molar-refractivity contribution in [2.45, 2.75) is 0 Å². The Kier molecular flexibility index (Phi) is 7.86. The average Bonchev–Trinajstić information content (AvgIpc) is 2.91. The van der Waals surface area contributed by atoms with Crippen LogP contribution in [0.5, 0.6) is 0 Å². The second kappa shape index (κ2) is 8.71. The van der Waals surface area contributed by atoms with Crippen LogP contribution < -0.4 is 0 Å². The third-order valence-corrected chi connectivity index (χ3v) is 1.66. The average molecular weight is 256 g/mol. The van der Waals surface area contributed by atoms with E-state index in [4.69, 9.17) is 5.11 Å². The first-order chi connectivity index (χ1) is 7.29. The molecule has 0 saturated heterocycles. The summed E-state index contributed by atoms with van der Waals surface area (Å²) in [7, 11) is 0. The van der Waals surface area contributed by atoms with Gasteiger partial charge in [0.15, 0.2) is 0 Å². The van der Waals surface area contributed by atoms with Crippen molar-refractivity contribution in [3.63, 3.8) is 0 Å². The van der Waals surface area contributed by atoms with Crippen molar-refractivity contribution in [2.75, 3.05) is 0 Å². The first kappa shape index (κ1) is 14.4. The summed E-state index contributed by atoms with van der Waals surface area (Å²) < 4.78 is 0. The van der Waals surface area contributed by atoms with E-state index >= 15 is 0 Å². The van der Waals surface area contributed by atoms with Crippen molar-refractivity contribution in [1.82, 2.24) is 0 Å². The van der Waals surface area contributed by atoms with Crippen LogP contribution in [0.3, 0.4) is 0 Å². The molecular formula is C13H12FeO2. The van der Waals surface area contributed by atoms with Crippen molar-refractivity contribution in [1.29, 1.82) is 0 Å². The van der Waals surface area contributed by atoms with Crippen LogP contribution in [0.4, 0.5) is 0 Å². The molecule has 2 rings (SSSR count). The molecule has 0 spiro atoms. The summed E-state index contributed by atoms with van der Waals surface area (Å²) in [5.41, 5.74) is 0.919. The van der Waals surface area contributed by atoms with E-state index in [2.05, 4.69) is 0 Å². The third-order valence-electron chi connectivity index (χ3n) is 1.66. The molecule has 2 nitrogen and oxygen atoms in total. The number of carboxylic acid groups (broad SMARTS) is 1. The van der Waals surface area contributed by atoms with Gasteiger partial charge >= 0.3 is 17.1 Å². The summed E-state index contributed by atoms with van der Waals surface area (Å²) >= 11 is 0. The summed E-state index contributed by atoms with van der Waals surface area (Å²) in [6, 6.07) is 17.4. The zero-order valence-corrected chi connectivity index (χ0v) is 9.66. The van der Waals surface area contributed by atoms with E-state index in [0.717, 1.165) is 11.6 Å². The minimum atomic E-state index is -0.916. The summed E-state index contributed by atoms with van der Waals surface area (Å²) in [5, 5.41) is 8.23. The van der Waals surface area contributed by atoms with E-state index in [9.17, 15) is 4.79 Å². The molecule has 0 aromatic heterocycles. The van der Waals surface area contributed by atoms with E-state index in [1.807, 2.05) is 54.6 Å². The maximum Gasteiger partial charge on any atom is 2.00 e. The summed E-state index contributed by atoms with van der Waals surface area (Å²) in [6.07, 6.45) is 2.68. The largest absolute Gasteiger partial charge is 2.00 e. The number of hydrogen-bond acceptors (Lipinski definition) is 1. The fourth-order valence-corrected chi connectivity index (χ4v) is 0.988. The van der Waals surface area contributed by atoms with E-state index in [1.54, 1.807) is 6.08 Å². The Morgan fingerprint density at radius 3 is 2.06 bits per heavy atom. The van der Waals surface area contributed by atoms with E-state index in [0.29, 0.717) is 0 Å². The van der Waals surface area contributed by atoms with Crippen LogP contribution in [0.2, 0.25) is 0 Å². The van der Waals surface area contributed by atoms with Gasteiger partial charge in [-0.15, -0.1) is 23.8 Å². The Balaban J connectivity index is 0.000000318. The van der Waals surface area contributed by atoms with Crippen LogP contribution in [0.25, 0.3) is 6.08 Å². The van der Waals surface area contributed by atoms with Gasteiger partial charge in [0.25, 0.3) is 5.97 Å². The van der Waals surface area contributed by atoms with E-state index in [-0.39, 0.29) is 17.1 Å². The molecule has 0 aliphatic heterocycles. The fraction of sp³-hybridized carbons (Fsp3) is 0. The molecule has 0 atom stereocenters. The Labute approximate surface area is 105 Å². The number of carbonyl (C=O) groups is 1. The van der Waals surface area contributed by atoms with Gasteiger partial charge in [-0.1, -0.05) is 0 Å². The fourth-order valence-electron chi connectivity index (χ4n) is 0.988. The molecule has 0 amide bonds. The summed E-state index contributed by atoms with van der Waals surface area (Å²) in [6.45, 7) is 0. The van der Waals surface area contributed by atoms with Crippen LogP contribution in [0.1, 0.15) is 5.56 Å². The number of carboxylic acids is 1. The molecule has 2 aromatic carbocycles. The van der Waals surface area contributed by atoms with Crippen LogP contribution in [-0.2, 0) is 21.9 Å². The van der Waals surface area contributed by atoms with E-state index < -0.39 is 5.97 Å². The molecule has 0 aliphatic rings. The summed E-state index contributed by atoms with van der Waals surface area (Å²) in [4.78, 5) is 10.0. The van der Waals surface area contributed by atoms with E-state index in [1.165, 1.54) is 0 Å². The molecule has 1 N–H and O–H groups in total.